The molecule has 0 saturated carbocycles. The van der Waals surface area contributed by atoms with E-state index in [1.54, 1.807) is 19.1 Å². The minimum Gasteiger partial charge on any atom is -0.404 e. The molecule has 0 bridgehead atoms. The summed E-state index contributed by atoms with van der Waals surface area (Å²) in [5.41, 5.74) is 1.42. The Bertz CT molecular complexity index is 799. The quantitative estimate of drug-likeness (QED) is 0.830. The number of benzene rings is 2. The maximum atomic E-state index is 12.6. The van der Waals surface area contributed by atoms with Gasteiger partial charge in [0.15, 0.2) is 5.75 Å². The van der Waals surface area contributed by atoms with Gasteiger partial charge in [0.2, 0.25) is 0 Å². The average molecular weight is 302 g/mol. The molecule has 2 aromatic rings. The highest BCUT2D eigenvalue weighted by Crippen LogP contribution is 2.38. The smallest absolute Gasteiger partial charge is 0.404 e. The van der Waals surface area contributed by atoms with Gasteiger partial charge in [0.25, 0.3) is 0 Å². The van der Waals surface area contributed by atoms with Gasteiger partial charge in [-0.25, -0.2) is 0 Å². The molecule has 2 aromatic carbocycles. The van der Waals surface area contributed by atoms with Gasteiger partial charge in [-0.15, -0.1) is 13.2 Å². The topological polar surface area (TPSA) is 56.8 Å². The van der Waals surface area contributed by atoms with Crippen molar-refractivity contribution >= 4 is 0 Å². The second-order valence-corrected chi connectivity index (χ2v) is 4.48. The molecule has 2 rings (SSSR count). The van der Waals surface area contributed by atoms with E-state index in [1.807, 2.05) is 6.07 Å². The molecule has 0 N–H and O–H groups in total. The van der Waals surface area contributed by atoms with Crippen LogP contribution in [0.4, 0.5) is 13.2 Å². The maximum absolute atomic E-state index is 12.6. The number of halogens is 3. The zero-order valence-electron chi connectivity index (χ0n) is 11.4. The third-order valence-corrected chi connectivity index (χ3v) is 3.00. The minimum absolute atomic E-state index is 0.151. The van der Waals surface area contributed by atoms with Gasteiger partial charge in [-0.3, -0.25) is 0 Å². The summed E-state index contributed by atoms with van der Waals surface area (Å²) in [4.78, 5) is 0. The van der Waals surface area contributed by atoms with Crippen molar-refractivity contribution in [1.29, 1.82) is 10.5 Å². The Morgan fingerprint density at radius 3 is 2.27 bits per heavy atom. The summed E-state index contributed by atoms with van der Waals surface area (Å²) >= 11 is 0. The number of ether oxygens (including phenoxy) is 1. The van der Waals surface area contributed by atoms with Gasteiger partial charge >= 0.3 is 6.36 Å². The Kier molecular flexibility index (Phi) is 4.05. The predicted octanol–water partition coefficient (Wildman–Crippen LogP) is 4.30. The molecule has 3 nitrogen and oxygen atoms in total. The largest absolute Gasteiger partial charge is 0.573 e. The summed E-state index contributed by atoms with van der Waals surface area (Å²) in [6.45, 7) is 1.67. The highest BCUT2D eigenvalue weighted by Gasteiger charge is 2.33. The zero-order chi connectivity index (χ0) is 16.3. The molecule has 0 aliphatic heterocycles. The van der Waals surface area contributed by atoms with E-state index in [1.165, 1.54) is 30.3 Å². The summed E-state index contributed by atoms with van der Waals surface area (Å²) in [5, 5.41) is 17.8. The molecule has 0 aliphatic rings. The molecular weight excluding hydrogens is 293 g/mol. The van der Waals surface area contributed by atoms with Crippen LogP contribution in [0.15, 0.2) is 36.4 Å². The molecule has 0 heterocycles. The van der Waals surface area contributed by atoms with Crippen molar-refractivity contribution in [2.75, 3.05) is 0 Å². The van der Waals surface area contributed by atoms with Gasteiger partial charge in [-0.05, 0) is 36.2 Å². The van der Waals surface area contributed by atoms with Crippen LogP contribution in [0, 0.1) is 29.6 Å². The van der Waals surface area contributed by atoms with Crippen LogP contribution in [0.2, 0.25) is 0 Å². The highest BCUT2D eigenvalue weighted by atomic mass is 19.4. The first-order valence-corrected chi connectivity index (χ1v) is 6.15. The fraction of sp³-hybridized carbons (Fsp3) is 0.125. The molecule has 0 aromatic heterocycles. The predicted molar refractivity (Wildman–Crippen MR) is 72.7 cm³/mol. The first kappa shape index (κ1) is 15.4. The van der Waals surface area contributed by atoms with E-state index < -0.39 is 12.1 Å². The molecule has 0 saturated heterocycles. The lowest BCUT2D eigenvalue weighted by molar-refractivity contribution is -0.274. The number of rotatable bonds is 2. The fourth-order valence-electron chi connectivity index (χ4n) is 2.10. The summed E-state index contributed by atoms with van der Waals surface area (Å²) in [6, 6.07) is 12.4. The second-order valence-electron chi connectivity index (χ2n) is 4.48. The normalized spacial score (nSPS) is 10.6. The molecule has 0 radical (unpaired) electrons. The molecule has 0 amide bonds. The van der Waals surface area contributed by atoms with Gasteiger partial charge in [0.05, 0.1) is 17.2 Å². The van der Waals surface area contributed by atoms with Crippen LogP contribution in [0.5, 0.6) is 5.75 Å². The van der Waals surface area contributed by atoms with Crippen molar-refractivity contribution in [3.05, 3.63) is 53.1 Å². The van der Waals surface area contributed by atoms with Crippen LogP contribution in [-0.2, 0) is 0 Å². The molecule has 0 aliphatic carbocycles. The lowest BCUT2D eigenvalue weighted by Crippen LogP contribution is -2.18. The van der Waals surface area contributed by atoms with Crippen LogP contribution in [0.3, 0.4) is 0 Å². The van der Waals surface area contributed by atoms with Crippen LogP contribution in [0.25, 0.3) is 11.1 Å². The number of nitriles is 2. The lowest BCUT2D eigenvalue weighted by atomic mass is 9.96. The van der Waals surface area contributed by atoms with E-state index >= 15 is 0 Å². The van der Waals surface area contributed by atoms with Crippen LogP contribution >= 0.6 is 0 Å². The average Bonchev–Trinajstić information content (AvgIpc) is 2.46. The van der Waals surface area contributed by atoms with Crippen molar-refractivity contribution in [2.45, 2.75) is 13.3 Å². The summed E-state index contributed by atoms with van der Waals surface area (Å²) in [7, 11) is 0. The van der Waals surface area contributed by atoms with Crippen molar-refractivity contribution in [3.63, 3.8) is 0 Å². The van der Waals surface area contributed by atoms with Crippen molar-refractivity contribution in [3.8, 4) is 29.0 Å². The second kappa shape index (κ2) is 5.79. The van der Waals surface area contributed by atoms with Crippen LogP contribution in [0.1, 0.15) is 16.7 Å². The summed E-state index contributed by atoms with van der Waals surface area (Å²) < 4.78 is 41.8. The number of para-hydroxylation sites is 1. The Labute approximate surface area is 124 Å². The van der Waals surface area contributed by atoms with Crippen LogP contribution in [-0.4, -0.2) is 6.36 Å². The molecule has 0 fully saturated rings. The summed E-state index contributed by atoms with van der Waals surface area (Å²) in [6.07, 6.45) is -4.90. The molecule has 0 unspecified atom stereocenters. The first-order chi connectivity index (χ1) is 10.4. The third-order valence-electron chi connectivity index (χ3n) is 3.00. The lowest BCUT2D eigenvalue weighted by Gasteiger charge is -2.16. The van der Waals surface area contributed by atoms with E-state index in [4.69, 9.17) is 10.5 Å². The molecule has 110 valence electrons. The first-order valence-electron chi connectivity index (χ1n) is 6.15. The van der Waals surface area contributed by atoms with Crippen molar-refractivity contribution < 1.29 is 17.9 Å². The number of hydrogen-bond donors (Lipinski definition) is 0. The molecule has 22 heavy (non-hydrogen) atoms. The van der Waals surface area contributed by atoms with Crippen molar-refractivity contribution in [2.24, 2.45) is 0 Å². The minimum atomic E-state index is -4.90. The molecule has 0 spiro atoms. The number of alkyl halides is 3. The molecule has 0 atom stereocenters. The maximum Gasteiger partial charge on any atom is 0.573 e. The molecule has 6 heteroatoms. The Balaban J connectivity index is 2.66. The third kappa shape index (κ3) is 3.18. The Hall–Kier alpha value is -2.99. The number of aryl methyl sites for hydroxylation is 1. The fourth-order valence-corrected chi connectivity index (χ4v) is 2.10. The van der Waals surface area contributed by atoms with E-state index in [0.717, 1.165) is 0 Å². The standard InChI is InChI=1S/C16H9F3N2O/c1-10-7-11(8-20)5-6-13(10)14-4-2-3-12(9-21)15(14)22-16(17,18)19/h2-7H,1H3. The van der Waals surface area contributed by atoms with Gasteiger partial charge in [0.1, 0.15) is 6.07 Å². The monoisotopic (exact) mass is 302 g/mol. The SMILES string of the molecule is Cc1cc(C#N)ccc1-c1cccc(C#N)c1OC(F)(F)F. The molecular formula is C16H9F3N2O. The number of hydrogen-bond acceptors (Lipinski definition) is 3. The van der Waals surface area contributed by atoms with E-state index in [-0.39, 0.29) is 11.1 Å². The van der Waals surface area contributed by atoms with E-state index in [2.05, 4.69) is 4.74 Å². The zero-order valence-corrected chi connectivity index (χ0v) is 11.4. The van der Waals surface area contributed by atoms with Crippen LogP contribution < -0.4 is 4.74 Å². The Morgan fingerprint density at radius 2 is 1.73 bits per heavy atom. The van der Waals surface area contributed by atoms with Gasteiger partial charge in [0, 0.05) is 5.56 Å². The number of nitrogens with zero attached hydrogens (tertiary/aromatic N) is 2. The van der Waals surface area contributed by atoms with Gasteiger partial charge in [-0.2, -0.15) is 10.5 Å². The van der Waals surface area contributed by atoms with Crippen molar-refractivity contribution in [1.82, 2.24) is 0 Å². The highest BCUT2D eigenvalue weighted by molar-refractivity contribution is 5.76. The summed E-state index contributed by atoms with van der Waals surface area (Å²) in [5.74, 6) is -0.537. The van der Waals surface area contributed by atoms with E-state index in [0.29, 0.717) is 16.7 Å². The van der Waals surface area contributed by atoms with E-state index in [9.17, 15) is 13.2 Å². The van der Waals surface area contributed by atoms with Gasteiger partial charge in [-0.1, -0.05) is 18.2 Å². The Morgan fingerprint density at radius 1 is 1.00 bits per heavy atom. The van der Waals surface area contributed by atoms with Gasteiger partial charge < -0.3 is 4.74 Å².